The maximum atomic E-state index is 12.8. The number of fused-ring (bicyclic) bond motifs is 1. The van der Waals surface area contributed by atoms with E-state index >= 15 is 0 Å². The Morgan fingerprint density at radius 1 is 0.943 bits per heavy atom. The van der Waals surface area contributed by atoms with Gasteiger partial charge in [0.05, 0.1) is 24.0 Å². The van der Waals surface area contributed by atoms with E-state index in [2.05, 4.69) is 25.6 Å². The first-order valence-electron chi connectivity index (χ1n) is 11.1. The largest absolute Gasteiger partial charge is 0.497 e. The molecule has 35 heavy (non-hydrogen) atoms. The minimum atomic E-state index is -0.272. The lowest BCUT2D eigenvalue weighted by molar-refractivity contribution is 0.102. The molecular weight excluding hydrogens is 442 g/mol. The Kier molecular flexibility index (Phi) is 6.00. The molecule has 0 unspecified atom stereocenters. The molecule has 8 heteroatoms. The number of nitrogens with one attached hydrogen (secondary N) is 4. The number of aromatic nitrogens is 3. The van der Waals surface area contributed by atoms with E-state index in [1.54, 1.807) is 49.7 Å². The van der Waals surface area contributed by atoms with Crippen molar-refractivity contribution in [3.8, 4) is 17.1 Å². The highest BCUT2D eigenvalue weighted by molar-refractivity contribution is 6.08. The second-order valence-corrected chi connectivity index (χ2v) is 7.90. The molecule has 0 aliphatic heterocycles. The Balaban J connectivity index is 1.46. The molecule has 2 heterocycles. The summed E-state index contributed by atoms with van der Waals surface area (Å²) < 4.78 is 5.15. The van der Waals surface area contributed by atoms with Crippen LogP contribution in [0.1, 0.15) is 15.9 Å². The number of imidazole rings is 1. The Bertz CT molecular complexity index is 1540. The molecule has 8 nitrogen and oxygen atoms in total. The monoisotopic (exact) mass is 465 g/mol. The third kappa shape index (κ3) is 4.63. The number of rotatable bonds is 7. The lowest BCUT2D eigenvalue weighted by Crippen LogP contribution is -2.13. The molecule has 3 aromatic carbocycles. The number of carbonyl (C=O) groups excluding carboxylic acids is 1. The third-order valence-electron chi connectivity index (χ3n) is 5.64. The van der Waals surface area contributed by atoms with Gasteiger partial charge in [-0.3, -0.25) is 9.59 Å². The number of ether oxygens (including phenoxy) is 1. The number of amides is 1. The minimum Gasteiger partial charge on any atom is -0.497 e. The highest BCUT2D eigenvalue weighted by atomic mass is 16.5. The molecule has 5 rings (SSSR count). The highest BCUT2D eigenvalue weighted by Crippen LogP contribution is 2.28. The molecule has 0 spiro atoms. The number of nitrogens with zero attached hydrogens (tertiary/aromatic N) is 1. The fraction of sp³-hybridized carbons (Fsp3) is 0.0741. The molecule has 0 fully saturated rings. The second-order valence-electron chi connectivity index (χ2n) is 7.90. The maximum Gasteiger partial charge on any atom is 0.261 e. The lowest BCUT2D eigenvalue weighted by Gasteiger charge is -2.10. The van der Waals surface area contributed by atoms with Crippen LogP contribution in [0.3, 0.4) is 0 Å². The maximum absolute atomic E-state index is 12.8. The van der Waals surface area contributed by atoms with Crippen molar-refractivity contribution in [1.29, 1.82) is 0 Å². The van der Waals surface area contributed by atoms with Crippen LogP contribution >= 0.6 is 0 Å². The fourth-order valence-corrected chi connectivity index (χ4v) is 3.84. The van der Waals surface area contributed by atoms with Crippen LogP contribution in [0.25, 0.3) is 22.4 Å². The number of methoxy groups -OCH3 is 1. The van der Waals surface area contributed by atoms with Crippen molar-refractivity contribution in [2.75, 3.05) is 17.7 Å². The molecule has 0 radical (unpaired) electrons. The lowest BCUT2D eigenvalue weighted by atomic mass is 10.2. The topological polar surface area (TPSA) is 112 Å². The predicted molar refractivity (Wildman–Crippen MR) is 137 cm³/mol. The molecule has 0 atom stereocenters. The van der Waals surface area contributed by atoms with E-state index in [1.807, 2.05) is 42.5 Å². The van der Waals surface area contributed by atoms with Crippen molar-refractivity contribution in [1.82, 2.24) is 15.0 Å². The van der Waals surface area contributed by atoms with Crippen LogP contribution in [0.15, 0.2) is 89.9 Å². The molecule has 4 N–H and O–H groups in total. The van der Waals surface area contributed by atoms with Crippen LogP contribution in [-0.4, -0.2) is 28.0 Å². The van der Waals surface area contributed by atoms with Crippen molar-refractivity contribution in [3.05, 3.63) is 107 Å². The van der Waals surface area contributed by atoms with Gasteiger partial charge in [-0.2, -0.15) is 0 Å². The highest BCUT2D eigenvalue weighted by Gasteiger charge is 2.17. The van der Waals surface area contributed by atoms with E-state index in [0.29, 0.717) is 51.7 Å². The number of para-hydroxylation sites is 1. The normalized spacial score (nSPS) is 10.8. The molecular formula is C27H23N5O3. The average molecular weight is 466 g/mol. The van der Waals surface area contributed by atoms with Crippen molar-refractivity contribution in [2.45, 2.75) is 6.54 Å². The predicted octanol–water partition coefficient (Wildman–Crippen LogP) is 4.79. The summed E-state index contributed by atoms with van der Waals surface area (Å²) in [5, 5.41) is 6.25. The summed E-state index contributed by atoms with van der Waals surface area (Å²) in [6.07, 6.45) is 1.60. The summed E-state index contributed by atoms with van der Waals surface area (Å²) in [4.78, 5) is 36.2. The fourth-order valence-electron chi connectivity index (χ4n) is 3.84. The van der Waals surface area contributed by atoms with E-state index in [9.17, 15) is 9.59 Å². The van der Waals surface area contributed by atoms with Crippen LogP contribution in [0.2, 0.25) is 0 Å². The van der Waals surface area contributed by atoms with Gasteiger partial charge in [0.15, 0.2) is 0 Å². The van der Waals surface area contributed by atoms with Gasteiger partial charge in [0.1, 0.15) is 22.7 Å². The van der Waals surface area contributed by atoms with Crippen molar-refractivity contribution in [2.24, 2.45) is 0 Å². The zero-order chi connectivity index (χ0) is 24.2. The third-order valence-corrected chi connectivity index (χ3v) is 5.64. The van der Waals surface area contributed by atoms with Gasteiger partial charge in [-0.1, -0.05) is 36.4 Å². The summed E-state index contributed by atoms with van der Waals surface area (Å²) in [6, 6.07) is 24.0. The zero-order valence-electron chi connectivity index (χ0n) is 19.0. The summed E-state index contributed by atoms with van der Waals surface area (Å²) in [5.74, 6) is 0.807. The molecule has 1 amide bonds. The van der Waals surface area contributed by atoms with E-state index in [1.165, 1.54) is 0 Å². The molecule has 0 saturated heterocycles. The van der Waals surface area contributed by atoms with Crippen LogP contribution in [0, 0.1) is 0 Å². The number of H-pyrrole nitrogens is 2. The molecule has 0 bridgehead atoms. The SMILES string of the molecule is COc1ccc(C(=O)Nc2cccc3[nH]c(-c4c(NCc5ccccc5)cc[nH]c4=O)nc23)cc1. The van der Waals surface area contributed by atoms with E-state index in [0.717, 1.165) is 5.56 Å². The number of benzene rings is 3. The molecule has 0 aliphatic carbocycles. The standard InChI is InChI=1S/C27H23N5O3/c1-35-19-12-10-18(11-13-19)26(33)31-22-9-5-8-21-24(22)32-25(30-21)23-20(14-15-28-27(23)34)29-16-17-6-3-2-4-7-17/h2-15H,16H2,1H3,(H,30,32)(H,31,33)(H2,28,29,34). The summed E-state index contributed by atoms with van der Waals surface area (Å²) in [5.41, 5.74) is 4.15. The first-order valence-corrected chi connectivity index (χ1v) is 11.1. The summed E-state index contributed by atoms with van der Waals surface area (Å²) >= 11 is 0. The van der Waals surface area contributed by atoms with Crippen LogP contribution in [0.4, 0.5) is 11.4 Å². The van der Waals surface area contributed by atoms with Crippen LogP contribution in [-0.2, 0) is 6.54 Å². The Hall–Kier alpha value is -4.85. The molecule has 2 aromatic heterocycles. The van der Waals surface area contributed by atoms with E-state index in [4.69, 9.17) is 4.74 Å². The number of aromatic amines is 2. The van der Waals surface area contributed by atoms with Gasteiger partial charge in [0.2, 0.25) is 0 Å². The number of hydrogen-bond acceptors (Lipinski definition) is 5. The van der Waals surface area contributed by atoms with Crippen LogP contribution < -0.4 is 20.9 Å². The van der Waals surface area contributed by atoms with E-state index in [-0.39, 0.29) is 11.5 Å². The quantitative estimate of drug-likeness (QED) is 0.276. The van der Waals surface area contributed by atoms with Gasteiger partial charge >= 0.3 is 0 Å². The number of carbonyl (C=O) groups is 1. The van der Waals surface area contributed by atoms with Gasteiger partial charge in [0.25, 0.3) is 11.5 Å². The zero-order valence-corrected chi connectivity index (χ0v) is 19.0. The first kappa shape index (κ1) is 22.0. The first-order chi connectivity index (χ1) is 17.1. The van der Waals surface area contributed by atoms with Gasteiger partial charge in [0, 0.05) is 18.3 Å². The number of hydrogen-bond donors (Lipinski definition) is 4. The molecule has 174 valence electrons. The van der Waals surface area contributed by atoms with Gasteiger partial charge in [-0.25, -0.2) is 4.98 Å². The van der Waals surface area contributed by atoms with Crippen LogP contribution in [0.5, 0.6) is 5.75 Å². The van der Waals surface area contributed by atoms with E-state index < -0.39 is 0 Å². The van der Waals surface area contributed by atoms with Crippen molar-refractivity contribution >= 4 is 28.3 Å². The molecule has 0 saturated carbocycles. The van der Waals surface area contributed by atoms with Crippen molar-refractivity contribution in [3.63, 3.8) is 0 Å². The number of anilines is 2. The Labute approximate surface area is 201 Å². The van der Waals surface area contributed by atoms with Crippen molar-refractivity contribution < 1.29 is 9.53 Å². The Morgan fingerprint density at radius 2 is 1.74 bits per heavy atom. The molecule has 5 aromatic rings. The van der Waals surface area contributed by atoms with Gasteiger partial charge in [-0.15, -0.1) is 0 Å². The summed E-state index contributed by atoms with van der Waals surface area (Å²) in [6.45, 7) is 0.556. The molecule has 0 aliphatic rings. The Morgan fingerprint density at radius 3 is 2.51 bits per heavy atom. The minimum absolute atomic E-state index is 0.271. The number of pyridine rings is 1. The smallest absolute Gasteiger partial charge is 0.261 e. The second kappa shape index (κ2) is 9.56. The van der Waals surface area contributed by atoms with Gasteiger partial charge in [-0.05, 0) is 48.0 Å². The summed E-state index contributed by atoms with van der Waals surface area (Å²) in [7, 11) is 1.57. The van der Waals surface area contributed by atoms with Gasteiger partial charge < -0.3 is 25.3 Å². The average Bonchev–Trinajstić information content (AvgIpc) is 3.33.